The third-order valence-electron chi connectivity index (χ3n) is 4.45. The molecule has 0 aliphatic carbocycles. The highest BCUT2D eigenvalue weighted by Gasteiger charge is 2.48. The van der Waals surface area contributed by atoms with Gasteiger partial charge in [0.1, 0.15) is 5.82 Å². The maximum Gasteiger partial charge on any atom is 0.265 e. The first-order valence-electron chi connectivity index (χ1n) is 8.01. The monoisotopic (exact) mass is 339 g/mol. The zero-order valence-electron chi connectivity index (χ0n) is 14.0. The molecule has 0 radical (unpaired) electrons. The van der Waals surface area contributed by atoms with Crippen LogP contribution in [0.25, 0.3) is 21.9 Å². The minimum Gasteiger partial charge on any atom is -0.308 e. The van der Waals surface area contributed by atoms with Crippen molar-refractivity contribution in [2.75, 3.05) is 25.5 Å². The van der Waals surface area contributed by atoms with Crippen LogP contribution < -0.4 is 5.32 Å². The van der Waals surface area contributed by atoms with Gasteiger partial charge in [-0.1, -0.05) is 12.1 Å². The lowest BCUT2D eigenvalue weighted by molar-refractivity contribution is -0.137. The summed E-state index contributed by atoms with van der Waals surface area (Å²) in [7, 11) is 3.64. The number of benzene rings is 1. The molecule has 3 heterocycles. The number of aromatic nitrogens is 3. The second-order valence-electron chi connectivity index (χ2n) is 6.63. The first-order chi connectivity index (χ1) is 11.9. The smallest absolute Gasteiger partial charge is 0.265 e. The standard InChI is InChI=1S/C18H18FN5O/c1-23-10-18(19,11-23)17(25)22-16-6-14-5-12(3-4-13(14)7-20-16)15-8-21-24(2)9-15/h3-9H,10-11H2,1-2H3,(H,20,22,25). The Hall–Kier alpha value is -2.80. The topological polar surface area (TPSA) is 63.1 Å². The fourth-order valence-electron chi connectivity index (χ4n) is 3.14. The van der Waals surface area contributed by atoms with Crippen LogP contribution in [0.15, 0.2) is 42.9 Å². The van der Waals surface area contributed by atoms with Crippen molar-refractivity contribution in [3.8, 4) is 11.1 Å². The Morgan fingerprint density at radius 3 is 2.64 bits per heavy atom. The molecule has 1 aliphatic heterocycles. The van der Waals surface area contributed by atoms with Gasteiger partial charge < -0.3 is 5.32 Å². The van der Waals surface area contributed by atoms with Gasteiger partial charge in [-0.3, -0.25) is 14.4 Å². The second kappa shape index (κ2) is 5.63. The van der Waals surface area contributed by atoms with E-state index in [-0.39, 0.29) is 13.1 Å². The maximum atomic E-state index is 14.3. The van der Waals surface area contributed by atoms with Crippen LogP contribution in [0.1, 0.15) is 0 Å². The second-order valence-corrected chi connectivity index (χ2v) is 6.63. The summed E-state index contributed by atoms with van der Waals surface area (Å²) in [6.45, 7) is 0.217. The van der Waals surface area contributed by atoms with Gasteiger partial charge in [-0.2, -0.15) is 5.10 Å². The third kappa shape index (κ3) is 2.87. The minimum absolute atomic E-state index is 0.109. The van der Waals surface area contributed by atoms with Gasteiger partial charge >= 0.3 is 0 Å². The van der Waals surface area contributed by atoms with Crippen molar-refractivity contribution in [1.29, 1.82) is 0 Å². The molecule has 1 aliphatic rings. The fourth-order valence-corrected chi connectivity index (χ4v) is 3.14. The van der Waals surface area contributed by atoms with Gasteiger partial charge in [0.05, 0.1) is 6.20 Å². The van der Waals surface area contributed by atoms with Gasteiger partial charge in [-0.15, -0.1) is 0 Å². The molecular formula is C18H18FN5O. The van der Waals surface area contributed by atoms with Crippen LogP contribution in [0.2, 0.25) is 0 Å². The molecule has 4 rings (SSSR count). The van der Waals surface area contributed by atoms with E-state index in [1.54, 1.807) is 35.1 Å². The molecule has 0 bridgehead atoms. The molecule has 0 unspecified atom stereocenters. The van der Waals surface area contributed by atoms with E-state index in [1.807, 2.05) is 31.4 Å². The number of nitrogens with one attached hydrogen (secondary N) is 1. The molecule has 1 amide bonds. The zero-order chi connectivity index (χ0) is 17.6. The number of aryl methyl sites for hydroxylation is 1. The molecule has 25 heavy (non-hydrogen) atoms. The summed E-state index contributed by atoms with van der Waals surface area (Å²) >= 11 is 0. The predicted octanol–water partition coefficient (Wildman–Crippen LogP) is 2.23. The Balaban J connectivity index is 1.61. The maximum absolute atomic E-state index is 14.3. The van der Waals surface area contributed by atoms with E-state index in [2.05, 4.69) is 15.4 Å². The van der Waals surface area contributed by atoms with E-state index < -0.39 is 11.6 Å². The highest BCUT2D eigenvalue weighted by atomic mass is 19.1. The first-order valence-corrected chi connectivity index (χ1v) is 8.01. The number of anilines is 1. The van der Waals surface area contributed by atoms with Gasteiger partial charge in [-0.25, -0.2) is 9.37 Å². The number of hydrogen-bond donors (Lipinski definition) is 1. The average molecular weight is 339 g/mol. The van der Waals surface area contributed by atoms with Gasteiger partial charge in [-0.05, 0) is 30.1 Å². The Morgan fingerprint density at radius 2 is 1.96 bits per heavy atom. The molecule has 2 aromatic heterocycles. The number of halogens is 1. The molecule has 7 heteroatoms. The van der Waals surface area contributed by atoms with Crippen LogP contribution in [0, 0.1) is 0 Å². The number of nitrogens with zero attached hydrogens (tertiary/aromatic N) is 4. The van der Waals surface area contributed by atoms with Crippen LogP contribution in [-0.2, 0) is 11.8 Å². The summed E-state index contributed by atoms with van der Waals surface area (Å²) in [6.07, 6.45) is 5.41. The molecule has 1 fully saturated rings. The van der Waals surface area contributed by atoms with Crippen molar-refractivity contribution in [3.05, 3.63) is 42.9 Å². The van der Waals surface area contributed by atoms with Crippen molar-refractivity contribution < 1.29 is 9.18 Å². The quantitative estimate of drug-likeness (QED) is 0.795. The Kier molecular flexibility index (Phi) is 3.54. The summed E-state index contributed by atoms with van der Waals surface area (Å²) in [5.41, 5.74) is 0.196. The van der Waals surface area contributed by atoms with E-state index in [0.29, 0.717) is 5.82 Å². The molecule has 0 saturated carbocycles. The lowest BCUT2D eigenvalue weighted by Gasteiger charge is -2.40. The molecule has 1 saturated heterocycles. The predicted molar refractivity (Wildman–Crippen MR) is 93.9 cm³/mol. The number of rotatable bonds is 3. The van der Waals surface area contributed by atoms with Gasteiger partial charge in [0.2, 0.25) is 5.67 Å². The van der Waals surface area contributed by atoms with Crippen LogP contribution in [-0.4, -0.2) is 51.4 Å². The number of fused-ring (bicyclic) bond motifs is 1. The average Bonchev–Trinajstić information content (AvgIpc) is 2.99. The molecule has 0 spiro atoms. The van der Waals surface area contributed by atoms with Crippen molar-refractivity contribution in [2.45, 2.75) is 5.67 Å². The van der Waals surface area contributed by atoms with Gasteiger partial charge in [0, 0.05) is 43.5 Å². The van der Waals surface area contributed by atoms with Crippen LogP contribution >= 0.6 is 0 Å². The Morgan fingerprint density at radius 1 is 1.16 bits per heavy atom. The van der Waals surface area contributed by atoms with E-state index >= 15 is 0 Å². The van der Waals surface area contributed by atoms with Crippen LogP contribution in [0.3, 0.4) is 0 Å². The van der Waals surface area contributed by atoms with Crippen LogP contribution in [0.5, 0.6) is 0 Å². The number of alkyl halides is 1. The summed E-state index contributed by atoms with van der Waals surface area (Å²) < 4.78 is 16.1. The molecule has 6 nitrogen and oxygen atoms in total. The Bertz CT molecular complexity index is 961. The number of likely N-dealkylation sites (tertiary alicyclic amines) is 1. The normalized spacial score (nSPS) is 16.6. The molecular weight excluding hydrogens is 321 g/mol. The molecule has 1 N–H and O–H groups in total. The molecule has 128 valence electrons. The van der Waals surface area contributed by atoms with E-state index in [0.717, 1.165) is 21.9 Å². The van der Waals surface area contributed by atoms with E-state index in [4.69, 9.17) is 0 Å². The summed E-state index contributed by atoms with van der Waals surface area (Å²) in [5, 5.41) is 8.64. The van der Waals surface area contributed by atoms with Crippen molar-refractivity contribution in [1.82, 2.24) is 19.7 Å². The highest BCUT2D eigenvalue weighted by Crippen LogP contribution is 2.27. The van der Waals surface area contributed by atoms with Gasteiger partial charge in [0.15, 0.2) is 0 Å². The van der Waals surface area contributed by atoms with Crippen molar-refractivity contribution in [3.63, 3.8) is 0 Å². The van der Waals surface area contributed by atoms with E-state index in [1.165, 1.54) is 0 Å². The molecule has 1 aromatic carbocycles. The first kappa shape index (κ1) is 15.7. The SMILES string of the molecule is CN1CC(F)(C(=O)Nc2cc3cc(-c4cnn(C)c4)ccc3cn2)C1. The number of carbonyl (C=O) groups is 1. The van der Waals surface area contributed by atoms with Crippen LogP contribution in [0.4, 0.5) is 10.2 Å². The number of pyridine rings is 1. The number of carbonyl (C=O) groups excluding carboxylic acids is 1. The minimum atomic E-state index is -1.83. The lowest BCUT2D eigenvalue weighted by atomic mass is 9.96. The zero-order valence-corrected chi connectivity index (χ0v) is 14.0. The lowest BCUT2D eigenvalue weighted by Crippen LogP contribution is -2.63. The fraction of sp³-hybridized carbons (Fsp3) is 0.278. The summed E-state index contributed by atoms with van der Waals surface area (Å²) in [4.78, 5) is 18.1. The van der Waals surface area contributed by atoms with E-state index in [9.17, 15) is 9.18 Å². The number of amides is 1. The number of hydrogen-bond acceptors (Lipinski definition) is 4. The largest absolute Gasteiger partial charge is 0.308 e. The van der Waals surface area contributed by atoms with Crippen molar-refractivity contribution in [2.24, 2.45) is 7.05 Å². The molecule has 0 atom stereocenters. The third-order valence-corrected chi connectivity index (χ3v) is 4.45. The summed E-state index contributed by atoms with van der Waals surface area (Å²) in [6, 6.07) is 7.73. The molecule has 3 aromatic rings. The summed E-state index contributed by atoms with van der Waals surface area (Å²) in [5.74, 6) is -0.284. The Labute approximate surface area is 144 Å². The highest BCUT2D eigenvalue weighted by molar-refractivity contribution is 5.99. The van der Waals surface area contributed by atoms with Crippen molar-refractivity contribution >= 4 is 22.5 Å². The van der Waals surface area contributed by atoms with Gasteiger partial charge in [0.25, 0.3) is 5.91 Å².